The molecule has 2 aromatic heterocycles. The highest BCUT2D eigenvalue weighted by Crippen LogP contribution is 2.61. The first kappa shape index (κ1) is 21.7. The van der Waals surface area contributed by atoms with E-state index in [0.717, 1.165) is 36.4 Å². The summed E-state index contributed by atoms with van der Waals surface area (Å²) < 4.78 is 20.0. The zero-order valence-electron chi connectivity index (χ0n) is 18.9. The minimum absolute atomic E-state index is 0.0356. The molecular weight excluding hydrogens is 461 g/mol. The van der Waals surface area contributed by atoms with Crippen LogP contribution in [0.1, 0.15) is 44.0 Å². The quantitative estimate of drug-likeness (QED) is 0.671. The third kappa shape index (κ3) is 3.51. The monoisotopic (exact) mass is 485 g/mol. The van der Waals surface area contributed by atoms with E-state index in [-0.39, 0.29) is 11.8 Å². The van der Waals surface area contributed by atoms with Gasteiger partial charge in [-0.15, -0.1) is 0 Å². The zero-order valence-corrected chi connectivity index (χ0v) is 19.6. The third-order valence-corrected chi connectivity index (χ3v) is 7.34. The Hall–Kier alpha value is -2.85. The summed E-state index contributed by atoms with van der Waals surface area (Å²) >= 11 is 6.14. The molecule has 0 aromatic carbocycles. The summed E-state index contributed by atoms with van der Waals surface area (Å²) in [5.41, 5.74) is 0.855. The highest BCUT2D eigenvalue weighted by atomic mass is 35.5. The Morgan fingerprint density at radius 2 is 2.12 bits per heavy atom. The molecule has 2 amide bonds. The second kappa shape index (κ2) is 7.84. The van der Waals surface area contributed by atoms with Gasteiger partial charge < -0.3 is 19.9 Å². The summed E-state index contributed by atoms with van der Waals surface area (Å²) in [6, 6.07) is 1.78. The van der Waals surface area contributed by atoms with Gasteiger partial charge in [-0.2, -0.15) is 0 Å². The summed E-state index contributed by atoms with van der Waals surface area (Å²) in [5.74, 6) is 0.843. The fourth-order valence-corrected chi connectivity index (χ4v) is 5.45. The van der Waals surface area contributed by atoms with Gasteiger partial charge in [0.2, 0.25) is 0 Å². The van der Waals surface area contributed by atoms with Gasteiger partial charge in [0.05, 0.1) is 31.0 Å². The number of carbonyl (C=O) groups excluding carboxylic acids is 1. The lowest BCUT2D eigenvalue weighted by Crippen LogP contribution is -2.55. The number of anilines is 1. The predicted octanol–water partition coefficient (Wildman–Crippen LogP) is 3.19. The number of nitrogens with zero attached hydrogens (tertiary/aromatic N) is 6. The van der Waals surface area contributed by atoms with Crippen LogP contribution < -0.4 is 10.2 Å². The van der Waals surface area contributed by atoms with Gasteiger partial charge in [-0.25, -0.2) is 29.1 Å². The molecule has 6 rings (SSSR count). The highest BCUT2D eigenvalue weighted by molar-refractivity contribution is 6.30. The smallest absolute Gasteiger partial charge is 0.317 e. The predicted molar refractivity (Wildman–Crippen MR) is 124 cm³/mol. The maximum absolute atomic E-state index is 14.7. The second-order valence-electron chi connectivity index (χ2n) is 9.63. The zero-order chi connectivity index (χ0) is 23.5. The minimum Gasteiger partial charge on any atom is -0.378 e. The summed E-state index contributed by atoms with van der Waals surface area (Å²) in [5, 5.41) is 3.72. The fourth-order valence-electron chi connectivity index (χ4n) is 5.29. The molecule has 2 saturated heterocycles. The SMILES string of the molecule is C[C@]1(NC(=O)N2CCOCC2)CCCC(=Nc2nc(C34CN3c3ncc(Cl)cc34)ncc2F)C1. The number of nitrogens with one attached hydrogen (secondary N) is 1. The van der Waals surface area contributed by atoms with E-state index in [4.69, 9.17) is 16.3 Å². The number of halogens is 2. The van der Waals surface area contributed by atoms with Crippen molar-refractivity contribution in [2.45, 2.75) is 43.7 Å². The Bertz CT molecular complexity index is 1200. The largest absolute Gasteiger partial charge is 0.378 e. The maximum Gasteiger partial charge on any atom is 0.317 e. The van der Waals surface area contributed by atoms with Gasteiger partial charge in [0, 0.05) is 42.5 Å². The average Bonchev–Trinajstić information content (AvgIpc) is 3.49. The standard InChI is InChI=1S/C23H25ClFN7O2/c1-22(30-21(33)31-5-7-34-8-6-31)4-2-3-15(10-22)28-18-17(25)12-27-20(29-18)23-13-32(23)19-16(23)9-14(24)11-26-19/h9,11-12H,2-8,10,13H2,1H3,(H,30,33)/t22-,23?,32?/m0/s1. The van der Waals surface area contributed by atoms with Crippen molar-refractivity contribution >= 4 is 35.0 Å². The molecule has 0 bridgehead atoms. The van der Waals surface area contributed by atoms with Crippen molar-refractivity contribution in [1.29, 1.82) is 0 Å². The maximum atomic E-state index is 14.7. The van der Waals surface area contributed by atoms with Crippen LogP contribution in [0, 0.1) is 5.82 Å². The Morgan fingerprint density at radius 3 is 2.94 bits per heavy atom. The molecule has 0 radical (unpaired) electrons. The van der Waals surface area contributed by atoms with Crippen LogP contribution in [0.15, 0.2) is 23.5 Å². The molecule has 1 N–H and O–H groups in total. The van der Waals surface area contributed by atoms with Crippen LogP contribution in [0.25, 0.3) is 0 Å². The molecule has 2 aromatic rings. The molecular formula is C23H25ClFN7O2. The molecule has 5 heterocycles. The van der Waals surface area contributed by atoms with Gasteiger partial charge in [-0.3, -0.25) is 0 Å². The number of hydrogen-bond donors (Lipinski definition) is 1. The molecule has 11 heteroatoms. The van der Waals surface area contributed by atoms with Gasteiger partial charge in [0.1, 0.15) is 11.4 Å². The normalized spacial score (nSPS) is 28.7. The van der Waals surface area contributed by atoms with Crippen LogP contribution in [0.5, 0.6) is 0 Å². The van der Waals surface area contributed by atoms with Crippen LogP contribution in [0.2, 0.25) is 5.02 Å². The lowest BCUT2D eigenvalue weighted by Gasteiger charge is -2.38. The number of morpholine rings is 1. The number of amides is 2. The first-order valence-corrected chi connectivity index (χ1v) is 11.9. The Morgan fingerprint density at radius 1 is 1.29 bits per heavy atom. The molecule has 1 unspecified atom stereocenters. The summed E-state index contributed by atoms with van der Waals surface area (Å²) in [6.07, 6.45) is 5.77. The van der Waals surface area contributed by atoms with Crippen molar-refractivity contribution in [2.75, 3.05) is 37.7 Å². The van der Waals surface area contributed by atoms with Crippen molar-refractivity contribution in [3.63, 3.8) is 0 Å². The molecule has 0 spiro atoms. The van der Waals surface area contributed by atoms with Gasteiger partial charge in [0.25, 0.3) is 0 Å². The molecule has 9 nitrogen and oxygen atoms in total. The van der Waals surface area contributed by atoms with Gasteiger partial charge >= 0.3 is 6.03 Å². The van der Waals surface area contributed by atoms with Crippen molar-refractivity contribution in [3.05, 3.63) is 40.7 Å². The number of rotatable bonds is 3. The molecule has 3 aliphatic heterocycles. The first-order valence-electron chi connectivity index (χ1n) is 11.6. The number of urea groups is 1. The number of hydrogen-bond acceptors (Lipinski definition) is 7. The lowest BCUT2D eigenvalue weighted by molar-refractivity contribution is 0.0509. The van der Waals surface area contributed by atoms with Crippen molar-refractivity contribution in [3.8, 4) is 0 Å². The van der Waals surface area contributed by atoms with Crippen molar-refractivity contribution < 1.29 is 13.9 Å². The second-order valence-corrected chi connectivity index (χ2v) is 10.1. The minimum atomic E-state index is -0.562. The Kier molecular flexibility index (Phi) is 5.00. The molecule has 1 aliphatic carbocycles. The molecule has 4 aliphatic rings. The number of carbonyl (C=O) groups is 1. The van der Waals surface area contributed by atoms with E-state index >= 15 is 0 Å². The molecule has 34 heavy (non-hydrogen) atoms. The number of aliphatic imine (C=N–C) groups is 1. The van der Waals surface area contributed by atoms with Crippen LogP contribution in [-0.2, 0) is 10.3 Å². The summed E-state index contributed by atoms with van der Waals surface area (Å²) in [6.45, 7) is 4.99. The van der Waals surface area contributed by atoms with Crippen LogP contribution in [-0.4, -0.2) is 70.0 Å². The summed E-state index contributed by atoms with van der Waals surface area (Å²) in [7, 11) is 0. The van der Waals surface area contributed by atoms with Crippen molar-refractivity contribution in [1.82, 2.24) is 25.2 Å². The topological polar surface area (TPSA) is 95.6 Å². The Labute approximate surface area is 201 Å². The van der Waals surface area contributed by atoms with E-state index in [0.29, 0.717) is 50.1 Å². The van der Waals surface area contributed by atoms with E-state index < -0.39 is 16.9 Å². The third-order valence-electron chi connectivity index (χ3n) is 7.13. The van der Waals surface area contributed by atoms with Gasteiger partial charge in [-0.1, -0.05) is 11.6 Å². The van der Waals surface area contributed by atoms with Crippen LogP contribution in [0.4, 0.5) is 20.8 Å². The van der Waals surface area contributed by atoms with E-state index in [1.54, 1.807) is 11.1 Å². The molecule has 178 valence electrons. The average molecular weight is 486 g/mol. The van der Waals surface area contributed by atoms with E-state index in [1.807, 2.05) is 13.0 Å². The number of pyridine rings is 1. The summed E-state index contributed by atoms with van der Waals surface area (Å²) in [4.78, 5) is 34.3. The van der Waals surface area contributed by atoms with Gasteiger partial charge in [0.15, 0.2) is 17.5 Å². The van der Waals surface area contributed by atoms with Crippen molar-refractivity contribution in [2.24, 2.45) is 4.99 Å². The highest BCUT2D eigenvalue weighted by Gasteiger charge is 2.68. The number of aromatic nitrogens is 3. The van der Waals surface area contributed by atoms with Gasteiger partial charge in [-0.05, 0) is 32.3 Å². The number of fused-ring (bicyclic) bond motifs is 4. The number of ether oxygens (including phenoxy) is 1. The first-order chi connectivity index (χ1) is 16.4. The molecule has 3 fully saturated rings. The fraction of sp³-hybridized carbons (Fsp3) is 0.522. The van der Waals surface area contributed by atoms with E-state index in [9.17, 15) is 9.18 Å². The van der Waals surface area contributed by atoms with Crippen LogP contribution >= 0.6 is 11.6 Å². The lowest BCUT2D eigenvalue weighted by atomic mass is 9.82. The van der Waals surface area contributed by atoms with E-state index in [2.05, 4.69) is 30.2 Å². The molecule has 2 atom stereocenters. The Balaban J connectivity index is 1.22. The molecule has 1 saturated carbocycles. The van der Waals surface area contributed by atoms with E-state index in [1.165, 1.54) is 6.20 Å². The van der Waals surface area contributed by atoms with Crippen LogP contribution in [0.3, 0.4) is 0 Å².